The van der Waals surface area contributed by atoms with Gasteiger partial charge in [0, 0.05) is 5.92 Å². The molecule has 1 fully saturated rings. The Balaban J connectivity index is 1.90. The van der Waals surface area contributed by atoms with Crippen LogP contribution in [0.15, 0.2) is 4.52 Å². The highest BCUT2D eigenvalue weighted by atomic mass is 16.5. The van der Waals surface area contributed by atoms with Crippen molar-refractivity contribution in [2.24, 2.45) is 5.92 Å². The number of aromatic nitrogens is 2. The van der Waals surface area contributed by atoms with Crippen molar-refractivity contribution in [1.29, 1.82) is 0 Å². The van der Waals surface area contributed by atoms with Gasteiger partial charge >= 0.3 is 0 Å². The van der Waals surface area contributed by atoms with Crippen LogP contribution in [-0.4, -0.2) is 21.4 Å². The van der Waals surface area contributed by atoms with E-state index in [1.807, 2.05) is 6.92 Å². The van der Waals surface area contributed by atoms with Crippen LogP contribution in [-0.2, 0) is 6.42 Å². The predicted molar refractivity (Wildman–Crippen MR) is 69.3 cm³/mol. The quantitative estimate of drug-likeness (QED) is 0.875. The van der Waals surface area contributed by atoms with E-state index in [2.05, 4.69) is 17.1 Å². The highest BCUT2D eigenvalue weighted by Crippen LogP contribution is 2.35. The molecule has 2 rings (SSSR count). The van der Waals surface area contributed by atoms with Gasteiger partial charge in [-0.3, -0.25) is 0 Å². The van der Waals surface area contributed by atoms with Crippen molar-refractivity contribution in [3.05, 3.63) is 11.7 Å². The van der Waals surface area contributed by atoms with Crippen molar-refractivity contribution >= 4 is 0 Å². The van der Waals surface area contributed by atoms with E-state index in [0.29, 0.717) is 18.2 Å². The molecule has 0 bridgehead atoms. The second-order valence-corrected chi connectivity index (χ2v) is 5.44. The third-order valence-corrected chi connectivity index (χ3v) is 4.15. The van der Waals surface area contributed by atoms with Crippen molar-refractivity contribution in [1.82, 2.24) is 10.1 Å². The SMILES string of the molecule is CCC(O)Cc1nc(C2CCC(CC)CC2)no1. The first kappa shape index (κ1) is 13.5. The Morgan fingerprint density at radius 3 is 2.61 bits per heavy atom. The van der Waals surface area contributed by atoms with Crippen LogP contribution < -0.4 is 0 Å². The van der Waals surface area contributed by atoms with Gasteiger partial charge in [-0.25, -0.2) is 0 Å². The zero-order valence-electron chi connectivity index (χ0n) is 11.4. The van der Waals surface area contributed by atoms with Gasteiger partial charge in [0.25, 0.3) is 0 Å². The summed E-state index contributed by atoms with van der Waals surface area (Å²) in [7, 11) is 0. The lowest BCUT2D eigenvalue weighted by Gasteiger charge is -2.25. The zero-order valence-corrected chi connectivity index (χ0v) is 11.4. The molecule has 102 valence electrons. The summed E-state index contributed by atoms with van der Waals surface area (Å²) in [4.78, 5) is 4.43. The van der Waals surface area contributed by atoms with Gasteiger partial charge in [0.2, 0.25) is 5.89 Å². The van der Waals surface area contributed by atoms with Crippen LogP contribution >= 0.6 is 0 Å². The van der Waals surface area contributed by atoms with Crippen molar-refractivity contribution in [2.45, 2.75) is 70.8 Å². The molecule has 4 nitrogen and oxygen atoms in total. The Morgan fingerprint density at radius 2 is 2.00 bits per heavy atom. The van der Waals surface area contributed by atoms with Crippen molar-refractivity contribution in [2.75, 3.05) is 0 Å². The van der Waals surface area contributed by atoms with Crippen LogP contribution in [0.4, 0.5) is 0 Å². The molecule has 1 aromatic rings. The standard InChI is InChI=1S/C14H24N2O2/c1-3-10-5-7-11(8-6-10)14-15-13(18-16-14)9-12(17)4-2/h10-12,17H,3-9H2,1-2H3. The van der Waals surface area contributed by atoms with E-state index in [9.17, 15) is 5.11 Å². The van der Waals surface area contributed by atoms with Crippen molar-refractivity contribution in [3.8, 4) is 0 Å². The minimum absolute atomic E-state index is 0.367. The number of hydrogen-bond donors (Lipinski definition) is 1. The Labute approximate surface area is 109 Å². The third kappa shape index (κ3) is 3.31. The Morgan fingerprint density at radius 1 is 1.28 bits per heavy atom. The summed E-state index contributed by atoms with van der Waals surface area (Å²) < 4.78 is 5.22. The number of aliphatic hydroxyl groups is 1. The van der Waals surface area contributed by atoms with E-state index in [-0.39, 0.29) is 6.10 Å². The maximum absolute atomic E-state index is 9.57. The second-order valence-electron chi connectivity index (χ2n) is 5.44. The van der Waals surface area contributed by atoms with Gasteiger partial charge < -0.3 is 9.63 Å². The number of nitrogens with zero attached hydrogens (tertiary/aromatic N) is 2. The molecule has 0 aromatic carbocycles. The van der Waals surface area contributed by atoms with Gasteiger partial charge in [0.1, 0.15) is 0 Å². The van der Waals surface area contributed by atoms with Crippen LogP contribution in [0.3, 0.4) is 0 Å². The third-order valence-electron chi connectivity index (χ3n) is 4.15. The summed E-state index contributed by atoms with van der Waals surface area (Å²) in [6.07, 6.45) is 7.03. The highest BCUT2D eigenvalue weighted by molar-refractivity contribution is 4.98. The molecule has 1 atom stereocenters. The lowest BCUT2D eigenvalue weighted by molar-refractivity contribution is 0.158. The normalized spacial score (nSPS) is 26.2. The number of aliphatic hydroxyl groups excluding tert-OH is 1. The first-order valence-corrected chi connectivity index (χ1v) is 7.23. The summed E-state index contributed by atoms with van der Waals surface area (Å²) in [6, 6.07) is 0. The molecule has 0 radical (unpaired) electrons. The molecule has 1 aliphatic carbocycles. The average Bonchev–Trinajstić information content (AvgIpc) is 2.87. The maximum Gasteiger partial charge on any atom is 0.229 e. The molecule has 1 N–H and O–H groups in total. The predicted octanol–water partition coefficient (Wildman–Crippen LogP) is 3.07. The van der Waals surface area contributed by atoms with E-state index < -0.39 is 0 Å². The van der Waals surface area contributed by atoms with Gasteiger partial charge in [0.05, 0.1) is 12.5 Å². The lowest BCUT2D eigenvalue weighted by atomic mass is 9.80. The van der Waals surface area contributed by atoms with E-state index in [0.717, 1.165) is 18.2 Å². The molecule has 18 heavy (non-hydrogen) atoms. The maximum atomic E-state index is 9.57. The minimum atomic E-state index is -0.367. The fourth-order valence-corrected chi connectivity index (χ4v) is 2.69. The van der Waals surface area contributed by atoms with Crippen LogP contribution in [0.2, 0.25) is 0 Å². The molecule has 1 heterocycles. The Hall–Kier alpha value is -0.900. The molecule has 0 spiro atoms. The fourth-order valence-electron chi connectivity index (χ4n) is 2.69. The van der Waals surface area contributed by atoms with Crippen LogP contribution in [0.25, 0.3) is 0 Å². The molecule has 1 aromatic heterocycles. The molecule has 1 aliphatic rings. The molecule has 0 amide bonds. The molecular formula is C14H24N2O2. The largest absolute Gasteiger partial charge is 0.393 e. The van der Waals surface area contributed by atoms with Gasteiger partial charge in [-0.1, -0.05) is 25.4 Å². The topological polar surface area (TPSA) is 59.2 Å². The monoisotopic (exact) mass is 252 g/mol. The molecule has 4 heteroatoms. The summed E-state index contributed by atoms with van der Waals surface area (Å²) >= 11 is 0. The number of hydrogen-bond acceptors (Lipinski definition) is 4. The Bertz CT molecular complexity index is 356. The molecule has 1 saturated carbocycles. The summed E-state index contributed by atoms with van der Waals surface area (Å²) in [5.74, 6) is 2.78. The van der Waals surface area contributed by atoms with Gasteiger partial charge in [-0.05, 0) is 38.0 Å². The highest BCUT2D eigenvalue weighted by Gasteiger charge is 2.25. The molecular weight excluding hydrogens is 228 g/mol. The number of rotatable bonds is 5. The van der Waals surface area contributed by atoms with Gasteiger partial charge in [-0.15, -0.1) is 0 Å². The average molecular weight is 252 g/mol. The summed E-state index contributed by atoms with van der Waals surface area (Å²) in [6.45, 7) is 4.22. The van der Waals surface area contributed by atoms with Crippen molar-refractivity contribution < 1.29 is 9.63 Å². The van der Waals surface area contributed by atoms with Crippen LogP contribution in [0, 0.1) is 5.92 Å². The van der Waals surface area contributed by atoms with Gasteiger partial charge in [-0.2, -0.15) is 4.98 Å². The minimum Gasteiger partial charge on any atom is -0.393 e. The van der Waals surface area contributed by atoms with Crippen LogP contribution in [0.5, 0.6) is 0 Å². The van der Waals surface area contributed by atoms with E-state index in [1.54, 1.807) is 0 Å². The van der Waals surface area contributed by atoms with Crippen LogP contribution in [0.1, 0.15) is 70.0 Å². The van der Waals surface area contributed by atoms with E-state index in [1.165, 1.54) is 32.1 Å². The van der Waals surface area contributed by atoms with E-state index in [4.69, 9.17) is 4.52 Å². The van der Waals surface area contributed by atoms with Crippen molar-refractivity contribution in [3.63, 3.8) is 0 Å². The van der Waals surface area contributed by atoms with E-state index >= 15 is 0 Å². The molecule has 0 saturated heterocycles. The first-order valence-electron chi connectivity index (χ1n) is 7.23. The molecule has 1 unspecified atom stereocenters. The summed E-state index contributed by atoms with van der Waals surface area (Å²) in [5, 5.41) is 13.7. The fraction of sp³-hybridized carbons (Fsp3) is 0.857. The second kappa shape index (κ2) is 6.32. The Kier molecular flexibility index (Phi) is 4.75. The zero-order chi connectivity index (χ0) is 13.0. The molecule has 0 aliphatic heterocycles. The summed E-state index contributed by atoms with van der Waals surface area (Å²) in [5.41, 5.74) is 0. The first-order chi connectivity index (χ1) is 8.72. The van der Waals surface area contributed by atoms with Gasteiger partial charge in [0.15, 0.2) is 5.82 Å². The lowest BCUT2D eigenvalue weighted by Crippen LogP contribution is -2.14. The smallest absolute Gasteiger partial charge is 0.229 e.